The fourth-order valence-electron chi connectivity index (χ4n) is 2.70. The lowest BCUT2D eigenvalue weighted by Gasteiger charge is -2.25. The molecule has 2 aromatic carbocycles. The van der Waals surface area contributed by atoms with E-state index in [1.54, 1.807) is 30.3 Å². The molecule has 134 valence electrons. The van der Waals surface area contributed by atoms with Crippen molar-refractivity contribution in [2.45, 2.75) is 13.0 Å². The van der Waals surface area contributed by atoms with E-state index in [1.807, 2.05) is 0 Å². The average Bonchev–Trinajstić information content (AvgIpc) is 2.63. The van der Waals surface area contributed by atoms with Gasteiger partial charge in [-0.15, -0.1) is 0 Å². The van der Waals surface area contributed by atoms with Crippen LogP contribution in [-0.2, 0) is 27.4 Å². The van der Waals surface area contributed by atoms with Gasteiger partial charge in [-0.05, 0) is 29.3 Å². The van der Waals surface area contributed by atoms with Crippen LogP contribution in [0.5, 0.6) is 5.75 Å². The summed E-state index contributed by atoms with van der Waals surface area (Å²) >= 11 is 0. The quantitative estimate of drug-likeness (QED) is 0.605. The lowest BCUT2D eigenvalue weighted by Crippen LogP contribution is -2.45. The second-order valence-electron chi connectivity index (χ2n) is 5.75. The molecule has 0 radical (unpaired) electrons. The molecule has 0 unspecified atom stereocenters. The summed E-state index contributed by atoms with van der Waals surface area (Å²) < 4.78 is 23.5. The van der Waals surface area contributed by atoms with Crippen molar-refractivity contribution in [3.63, 3.8) is 0 Å². The van der Waals surface area contributed by atoms with Crippen LogP contribution in [0.1, 0.15) is 21.5 Å². The van der Waals surface area contributed by atoms with Gasteiger partial charge in [0, 0.05) is 5.56 Å². The number of carbonyl (C=O) groups excluding carboxylic acids is 3. The predicted octanol–water partition coefficient (Wildman–Crippen LogP) is 2.10. The number of amides is 2. The number of carbonyl (C=O) groups is 3. The Bertz CT molecular complexity index is 880. The summed E-state index contributed by atoms with van der Waals surface area (Å²) in [5.41, 5.74) is 1.47. The Kier molecular flexibility index (Phi) is 4.97. The van der Waals surface area contributed by atoms with E-state index in [9.17, 15) is 18.8 Å². The second-order valence-corrected chi connectivity index (χ2v) is 5.75. The zero-order valence-electron chi connectivity index (χ0n) is 14.0. The van der Waals surface area contributed by atoms with Crippen LogP contribution >= 0.6 is 0 Å². The van der Waals surface area contributed by atoms with Crippen LogP contribution in [0.3, 0.4) is 0 Å². The summed E-state index contributed by atoms with van der Waals surface area (Å²) in [5.74, 6) is -2.21. The van der Waals surface area contributed by atoms with E-state index >= 15 is 0 Å². The van der Waals surface area contributed by atoms with Crippen molar-refractivity contribution in [3.05, 3.63) is 65.0 Å². The number of esters is 1. The highest BCUT2D eigenvalue weighted by Crippen LogP contribution is 2.20. The maximum atomic E-state index is 13.6. The molecule has 2 aromatic rings. The van der Waals surface area contributed by atoms with E-state index < -0.39 is 30.1 Å². The third-order valence-corrected chi connectivity index (χ3v) is 4.04. The maximum Gasteiger partial charge on any atom is 0.326 e. The van der Waals surface area contributed by atoms with Gasteiger partial charge in [0.15, 0.2) is 11.6 Å². The third kappa shape index (κ3) is 3.56. The van der Waals surface area contributed by atoms with Crippen LogP contribution in [0.15, 0.2) is 42.5 Å². The fraction of sp³-hybridized carbons (Fsp3) is 0.211. The molecule has 7 heteroatoms. The van der Waals surface area contributed by atoms with Crippen molar-refractivity contribution in [1.29, 1.82) is 0 Å². The van der Waals surface area contributed by atoms with Crippen molar-refractivity contribution in [2.75, 3.05) is 13.7 Å². The highest BCUT2D eigenvalue weighted by Gasteiger charge is 2.32. The molecule has 0 saturated heterocycles. The van der Waals surface area contributed by atoms with Gasteiger partial charge in [-0.1, -0.05) is 24.3 Å². The molecule has 1 aliphatic heterocycles. The molecule has 0 atom stereocenters. The van der Waals surface area contributed by atoms with Gasteiger partial charge in [0.05, 0.1) is 13.5 Å². The molecule has 1 aliphatic rings. The molecule has 0 saturated carbocycles. The van der Waals surface area contributed by atoms with Gasteiger partial charge < -0.3 is 9.47 Å². The number of methoxy groups -OCH3 is 1. The second kappa shape index (κ2) is 7.35. The lowest BCUT2D eigenvalue weighted by molar-refractivity contribution is -0.149. The molecule has 1 heterocycles. The van der Waals surface area contributed by atoms with Gasteiger partial charge in [-0.2, -0.15) is 0 Å². The van der Waals surface area contributed by atoms with Gasteiger partial charge in [0.2, 0.25) is 5.91 Å². The summed E-state index contributed by atoms with van der Waals surface area (Å²) in [4.78, 5) is 37.4. The molecular weight excluding hydrogens is 341 g/mol. The zero-order valence-corrected chi connectivity index (χ0v) is 14.0. The topological polar surface area (TPSA) is 72.9 Å². The first-order valence-corrected chi connectivity index (χ1v) is 7.90. The Morgan fingerprint density at radius 1 is 1.19 bits per heavy atom. The molecule has 0 aromatic heterocycles. The smallest absolute Gasteiger partial charge is 0.326 e. The summed E-state index contributed by atoms with van der Waals surface area (Å²) in [6, 6.07) is 10.9. The SMILES string of the molecule is COc1ccc(COC(=O)CN2C(=O)Cc3ccccc3C2=O)cc1F. The Balaban J connectivity index is 1.62. The monoisotopic (exact) mass is 357 g/mol. The van der Waals surface area contributed by atoms with E-state index in [0.29, 0.717) is 16.7 Å². The summed E-state index contributed by atoms with van der Waals surface area (Å²) in [6.45, 7) is -0.656. The van der Waals surface area contributed by atoms with Crippen molar-refractivity contribution in [1.82, 2.24) is 4.90 Å². The first-order chi connectivity index (χ1) is 12.5. The number of imide groups is 1. The Labute approximate surface area is 149 Å². The molecule has 0 N–H and O–H groups in total. The van der Waals surface area contributed by atoms with Crippen LogP contribution in [0.2, 0.25) is 0 Å². The van der Waals surface area contributed by atoms with Crippen LogP contribution in [0.4, 0.5) is 4.39 Å². The van der Waals surface area contributed by atoms with E-state index in [2.05, 4.69) is 0 Å². The number of rotatable bonds is 5. The van der Waals surface area contributed by atoms with Crippen LogP contribution in [0, 0.1) is 5.82 Å². The number of hydrogen-bond acceptors (Lipinski definition) is 5. The molecule has 2 amide bonds. The molecule has 3 rings (SSSR count). The third-order valence-electron chi connectivity index (χ3n) is 4.04. The molecule has 26 heavy (non-hydrogen) atoms. The first-order valence-electron chi connectivity index (χ1n) is 7.90. The number of benzene rings is 2. The van der Waals surface area contributed by atoms with Crippen molar-refractivity contribution in [2.24, 2.45) is 0 Å². The average molecular weight is 357 g/mol. The molecule has 0 fully saturated rings. The van der Waals surface area contributed by atoms with Crippen molar-refractivity contribution in [3.8, 4) is 5.75 Å². The van der Waals surface area contributed by atoms with E-state index in [4.69, 9.17) is 9.47 Å². The van der Waals surface area contributed by atoms with E-state index in [0.717, 1.165) is 4.90 Å². The normalized spacial score (nSPS) is 13.4. The molecule has 0 spiro atoms. The Morgan fingerprint density at radius 3 is 2.69 bits per heavy atom. The number of hydrogen-bond donors (Lipinski definition) is 0. The van der Waals surface area contributed by atoms with Crippen molar-refractivity contribution >= 4 is 17.8 Å². The predicted molar refractivity (Wildman–Crippen MR) is 88.9 cm³/mol. The lowest BCUT2D eigenvalue weighted by atomic mass is 9.98. The Morgan fingerprint density at radius 2 is 1.96 bits per heavy atom. The van der Waals surface area contributed by atoms with Gasteiger partial charge in [0.1, 0.15) is 13.2 Å². The number of fused-ring (bicyclic) bond motifs is 1. The fourth-order valence-corrected chi connectivity index (χ4v) is 2.70. The first kappa shape index (κ1) is 17.6. The molecular formula is C19H16FNO5. The summed E-state index contributed by atoms with van der Waals surface area (Å²) in [7, 11) is 1.35. The van der Waals surface area contributed by atoms with Gasteiger partial charge in [-0.3, -0.25) is 19.3 Å². The highest BCUT2D eigenvalue weighted by atomic mass is 19.1. The number of ether oxygens (including phenoxy) is 2. The minimum Gasteiger partial charge on any atom is -0.494 e. The van der Waals surface area contributed by atoms with Gasteiger partial charge in [0.25, 0.3) is 5.91 Å². The van der Waals surface area contributed by atoms with Gasteiger partial charge >= 0.3 is 5.97 Å². The Hall–Kier alpha value is -3.22. The van der Waals surface area contributed by atoms with Gasteiger partial charge in [-0.25, -0.2) is 4.39 Å². The highest BCUT2D eigenvalue weighted by molar-refractivity contribution is 6.11. The number of nitrogens with zero attached hydrogens (tertiary/aromatic N) is 1. The van der Waals surface area contributed by atoms with Crippen LogP contribution in [-0.4, -0.2) is 36.3 Å². The van der Waals surface area contributed by atoms with Crippen LogP contribution < -0.4 is 4.74 Å². The van der Waals surface area contributed by atoms with E-state index in [1.165, 1.54) is 19.2 Å². The van der Waals surface area contributed by atoms with Crippen molar-refractivity contribution < 1.29 is 28.2 Å². The zero-order chi connectivity index (χ0) is 18.7. The summed E-state index contributed by atoms with van der Waals surface area (Å²) in [6.07, 6.45) is 0.0544. The minimum absolute atomic E-state index is 0.0544. The summed E-state index contributed by atoms with van der Waals surface area (Å²) in [5, 5.41) is 0. The maximum absolute atomic E-state index is 13.6. The molecule has 0 bridgehead atoms. The van der Waals surface area contributed by atoms with Crippen LogP contribution in [0.25, 0.3) is 0 Å². The number of halogens is 1. The molecule has 6 nitrogen and oxygen atoms in total. The largest absolute Gasteiger partial charge is 0.494 e. The standard InChI is InChI=1S/C19H16FNO5/c1-25-16-7-6-12(8-15(16)20)11-26-18(23)10-21-17(22)9-13-4-2-3-5-14(13)19(21)24/h2-8H,9-11H2,1H3. The van der Waals surface area contributed by atoms with E-state index in [-0.39, 0.29) is 18.8 Å². The molecule has 0 aliphatic carbocycles. The minimum atomic E-state index is -0.748.